The van der Waals surface area contributed by atoms with Gasteiger partial charge in [0.05, 0.1) is 6.20 Å². The van der Waals surface area contributed by atoms with Crippen molar-refractivity contribution in [2.75, 3.05) is 0 Å². The predicted octanol–water partition coefficient (Wildman–Crippen LogP) is 5.66. The number of pyridine rings is 3. The highest BCUT2D eigenvalue weighted by Gasteiger charge is 2.32. The number of hydrogen-bond donors (Lipinski definition) is 0. The molecule has 4 rings (SSSR count). The monoisotopic (exact) mass is 387 g/mol. The molecule has 0 amide bonds. The largest absolute Gasteiger partial charge is 0.433 e. The molecule has 0 aliphatic heterocycles. The van der Waals surface area contributed by atoms with Crippen LogP contribution in [0.15, 0.2) is 61.1 Å². The average molecular weight is 387 g/mol. The summed E-state index contributed by atoms with van der Waals surface area (Å²) in [5.41, 5.74) is -0.104. The quantitative estimate of drug-likeness (QED) is 0.417. The van der Waals surface area contributed by atoms with E-state index in [-0.39, 0.29) is 16.8 Å². The Morgan fingerprint density at radius 3 is 2.29 bits per heavy atom. The van der Waals surface area contributed by atoms with Crippen molar-refractivity contribution in [1.29, 1.82) is 0 Å². The fourth-order valence-corrected chi connectivity index (χ4v) is 2.93. The number of hydrogen-bond acceptors (Lipinski definition) is 3. The number of benzene rings is 1. The van der Waals surface area contributed by atoms with Crippen LogP contribution in [0.4, 0.5) is 22.0 Å². The summed E-state index contributed by atoms with van der Waals surface area (Å²) in [5, 5.41) is 0.364. The van der Waals surface area contributed by atoms with Crippen LogP contribution in [0.25, 0.3) is 33.3 Å². The number of rotatable bonds is 2. The van der Waals surface area contributed by atoms with Gasteiger partial charge in [0.1, 0.15) is 17.3 Å². The zero-order chi connectivity index (χ0) is 19.9. The number of fused-ring (bicyclic) bond motifs is 1. The van der Waals surface area contributed by atoms with E-state index < -0.39 is 23.5 Å². The smallest absolute Gasteiger partial charge is 0.262 e. The minimum Gasteiger partial charge on any atom is -0.262 e. The third kappa shape index (κ3) is 3.17. The maximum Gasteiger partial charge on any atom is 0.433 e. The average Bonchev–Trinajstić information content (AvgIpc) is 2.67. The van der Waals surface area contributed by atoms with Crippen molar-refractivity contribution in [3.8, 4) is 22.3 Å². The first kappa shape index (κ1) is 18.0. The van der Waals surface area contributed by atoms with Crippen molar-refractivity contribution in [2.45, 2.75) is 6.18 Å². The van der Waals surface area contributed by atoms with E-state index in [4.69, 9.17) is 0 Å². The Bertz CT molecular complexity index is 1190. The molecule has 140 valence electrons. The van der Waals surface area contributed by atoms with Crippen molar-refractivity contribution in [3.63, 3.8) is 0 Å². The van der Waals surface area contributed by atoms with Gasteiger partial charge in [-0.2, -0.15) is 13.2 Å². The van der Waals surface area contributed by atoms with E-state index in [1.165, 1.54) is 42.7 Å². The topological polar surface area (TPSA) is 38.7 Å². The van der Waals surface area contributed by atoms with Gasteiger partial charge in [-0.15, -0.1) is 0 Å². The third-order valence-corrected chi connectivity index (χ3v) is 4.23. The number of alkyl halides is 3. The normalized spacial score (nSPS) is 11.8. The van der Waals surface area contributed by atoms with Crippen LogP contribution in [0.5, 0.6) is 0 Å². The molecule has 0 aliphatic rings. The lowest BCUT2D eigenvalue weighted by molar-refractivity contribution is -0.141. The van der Waals surface area contributed by atoms with Crippen LogP contribution < -0.4 is 0 Å². The molecule has 3 heterocycles. The molecule has 0 saturated heterocycles. The first-order valence-corrected chi connectivity index (χ1v) is 8.07. The Balaban J connectivity index is 1.89. The molecule has 4 aromatic rings. The summed E-state index contributed by atoms with van der Waals surface area (Å²) in [5.74, 6) is -1.32. The van der Waals surface area contributed by atoms with Crippen LogP contribution in [0.2, 0.25) is 0 Å². The first-order valence-electron chi connectivity index (χ1n) is 8.07. The third-order valence-electron chi connectivity index (χ3n) is 4.23. The summed E-state index contributed by atoms with van der Waals surface area (Å²) in [4.78, 5) is 11.1. The highest BCUT2D eigenvalue weighted by molar-refractivity contribution is 5.93. The summed E-state index contributed by atoms with van der Waals surface area (Å²) in [6.45, 7) is 0. The summed E-state index contributed by atoms with van der Waals surface area (Å²) >= 11 is 0. The Hall–Kier alpha value is -3.42. The van der Waals surface area contributed by atoms with Crippen LogP contribution >= 0.6 is 0 Å². The van der Waals surface area contributed by atoms with E-state index in [2.05, 4.69) is 15.0 Å². The van der Waals surface area contributed by atoms with E-state index in [0.717, 1.165) is 12.3 Å². The van der Waals surface area contributed by atoms with Crippen molar-refractivity contribution < 1.29 is 22.0 Å². The zero-order valence-electron chi connectivity index (χ0n) is 14.0. The second kappa shape index (κ2) is 6.63. The lowest BCUT2D eigenvalue weighted by Gasteiger charge is -2.11. The highest BCUT2D eigenvalue weighted by atomic mass is 19.4. The van der Waals surface area contributed by atoms with Crippen LogP contribution in [0.3, 0.4) is 0 Å². The van der Waals surface area contributed by atoms with Gasteiger partial charge in [-0.05, 0) is 47.5 Å². The minimum absolute atomic E-state index is 0.0160. The second-order valence-electron chi connectivity index (χ2n) is 5.97. The Kier molecular flexibility index (Phi) is 4.26. The van der Waals surface area contributed by atoms with Crippen molar-refractivity contribution in [3.05, 3.63) is 78.4 Å². The molecule has 8 heteroatoms. The first-order chi connectivity index (χ1) is 13.3. The lowest BCUT2D eigenvalue weighted by Crippen LogP contribution is -2.08. The van der Waals surface area contributed by atoms with Crippen LogP contribution in [0.1, 0.15) is 5.69 Å². The SMILES string of the molecule is Fc1cnccc1-c1cc(-c2ccnc3nc(C(F)(F)F)ccc23)ccc1F. The molecular formula is C20H10F5N3. The number of nitrogens with zero attached hydrogens (tertiary/aromatic N) is 3. The summed E-state index contributed by atoms with van der Waals surface area (Å²) in [7, 11) is 0. The molecule has 0 spiro atoms. The van der Waals surface area contributed by atoms with Crippen molar-refractivity contribution in [1.82, 2.24) is 15.0 Å². The Labute approximate surface area is 155 Å². The molecule has 0 N–H and O–H groups in total. The molecule has 3 nitrogen and oxygen atoms in total. The van der Waals surface area contributed by atoms with Crippen molar-refractivity contribution >= 4 is 11.0 Å². The molecule has 1 aromatic carbocycles. The highest BCUT2D eigenvalue weighted by Crippen LogP contribution is 2.34. The molecular weight excluding hydrogens is 377 g/mol. The van der Waals surface area contributed by atoms with Crippen LogP contribution in [0, 0.1) is 11.6 Å². The van der Waals surface area contributed by atoms with Gasteiger partial charge >= 0.3 is 6.18 Å². The summed E-state index contributed by atoms with van der Waals surface area (Å²) in [6, 6.07) is 9.12. The molecule has 0 fully saturated rings. The predicted molar refractivity (Wildman–Crippen MR) is 93.1 cm³/mol. The Morgan fingerprint density at radius 2 is 1.54 bits per heavy atom. The molecule has 0 aliphatic carbocycles. The second-order valence-corrected chi connectivity index (χ2v) is 5.97. The molecule has 0 unspecified atom stereocenters. The van der Waals surface area contributed by atoms with Gasteiger partial charge in [-0.1, -0.05) is 6.07 Å². The van der Waals surface area contributed by atoms with Gasteiger partial charge in [-0.25, -0.2) is 18.7 Å². The Morgan fingerprint density at radius 1 is 0.750 bits per heavy atom. The van der Waals surface area contributed by atoms with Crippen LogP contribution in [-0.4, -0.2) is 15.0 Å². The lowest BCUT2D eigenvalue weighted by atomic mass is 9.97. The van der Waals surface area contributed by atoms with Crippen molar-refractivity contribution in [2.24, 2.45) is 0 Å². The maximum absolute atomic E-state index is 14.3. The minimum atomic E-state index is -4.59. The van der Waals surface area contributed by atoms with Gasteiger partial charge in [-0.3, -0.25) is 4.98 Å². The van der Waals surface area contributed by atoms with E-state index in [0.29, 0.717) is 16.5 Å². The standard InChI is InChI=1S/C20H10F5N3/c21-16-3-1-11(9-15(16)13-5-7-26-10-17(13)22)12-6-8-27-19-14(12)2-4-18(28-19)20(23,24)25/h1-10H. The van der Waals surface area contributed by atoms with E-state index in [1.54, 1.807) is 6.07 Å². The van der Waals surface area contributed by atoms with E-state index in [9.17, 15) is 22.0 Å². The van der Waals surface area contributed by atoms with Crippen LogP contribution in [-0.2, 0) is 6.18 Å². The van der Waals surface area contributed by atoms with Gasteiger partial charge < -0.3 is 0 Å². The molecule has 0 radical (unpaired) electrons. The molecule has 0 saturated carbocycles. The molecule has 3 aromatic heterocycles. The molecule has 0 bridgehead atoms. The molecule has 0 atom stereocenters. The number of halogens is 5. The van der Waals surface area contributed by atoms with Gasteiger partial charge in [0.2, 0.25) is 0 Å². The maximum atomic E-state index is 14.3. The zero-order valence-corrected chi connectivity index (χ0v) is 14.0. The summed E-state index contributed by atoms with van der Waals surface area (Å²) < 4.78 is 67.0. The van der Waals surface area contributed by atoms with E-state index in [1.807, 2.05) is 0 Å². The fraction of sp³-hybridized carbons (Fsp3) is 0.0500. The number of aromatic nitrogens is 3. The van der Waals surface area contributed by atoms with E-state index >= 15 is 0 Å². The van der Waals surface area contributed by atoms with Gasteiger partial charge in [0.25, 0.3) is 0 Å². The summed E-state index contributed by atoms with van der Waals surface area (Å²) in [6.07, 6.45) is -0.949. The van der Waals surface area contributed by atoms with Gasteiger partial charge in [0, 0.05) is 28.9 Å². The fourth-order valence-electron chi connectivity index (χ4n) is 2.93. The van der Waals surface area contributed by atoms with Gasteiger partial charge in [0.15, 0.2) is 5.65 Å². The molecule has 28 heavy (non-hydrogen) atoms.